The number of carbonyl (C=O) groups excluding carboxylic acids is 2. The summed E-state index contributed by atoms with van der Waals surface area (Å²) in [5.41, 5.74) is 1.11. The van der Waals surface area contributed by atoms with Gasteiger partial charge in [-0.1, -0.05) is 11.6 Å². The Kier molecular flexibility index (Phi) is 7.09. The van der Waals surface area contributed by atoms with Crippen molar-refractivity contribution >= 4 is 23.5 Å². The van der Waals surface area contributed by atoms with Crippen molar-refractivity contribution in [3.63, 3.8) is 0 Å². The number of carbonyl (C=O) groups is 2. The van der Waals surface area contributed by atoms with Gasteiger partial charge in [0.2, 0.25) is 0 Å². The Bertz CT molecular complexity index is 891. The van der Waals surface area contributed by atoms with Gasteiger partial charge in [-0.15, -0.1) is 0 Å². The van der Waals surface area contributed by atoms with Crippen molar-refractivity contribution in [1.29, 1.82) is 5.26 Å². The van der Waals surface area contributed by atoms with Crippen LogP contribution in [-0.2, 0) is 9.53 Å². The Morgan fingerprint density at radius 3 is 2.52 bits per heavy atom. The van der Waals surface area contributed by atoms with Gasteiger partial charge in [-0.3, -0.25) is 9.59 Å². The highest BCUT2D eigenvalue weighted by Gasteiger charge is 2.29. The van der Waals surface area contributed by atoms with Crippen molar-refractivity contribution in [2.45, 2.75) is 12.8 Å². The van der Waals surface area contributed by atoms with E-state index in [4.69, 9.17) is 26.3 Å². The second kappa shape index (κ2) is 9.94. The number of nitrogens with zero attached hydrogens (tertiary/aromatic N) is 2. The molecule has 0 radical (unpaired) electrons. The molecule has 0 spiro atoms. The molecule has 0 unspecified atom stereocenters. The lowest BCUT2D eigenvalue weighted by Gasteiger charge is -2.31. The quantitative estimate of drug-likeness (QED) is 0.534. The number of piperidine rings is 1. The molecule has 1 atom stereocenters. The minimum Gasteiger partial charge on any atom is -0.490 e. The van der Waals surface area contributed by atoms with Crippen LogP contribution in [0.1, 0.15) is 28.8 Å². The van der Waals surface area contributed by atoms with Gasteiger partial charge >= 0.3 is 5.97 Å². The summed E-state index contributed by atoms with van der Waals surface area (Å²) in [5, 5.41) is 9.35. The summed E-state index contributed by atoms with van der Waals surface area (Å²) in [5.74, 6) is -0.155. The van der Waals surface area contributed by atoms with Crippen LogP contribution in [0.5, 0.6) is 5.75 Å². The number of hydrogen-bond donors (Lipinski definition) is 0. The van der Waals surface area contributed by atoms with E-state index < -0.39 is 0 Å². The molecule has 0 aromatic heterocycles. The summed E-state index contributed by atoms with van der Waals surface area (Å²) in [6.07, 6.45) is 1.44. The molecule has 150 valence electrons. The van der Waals surface area contributed by atoms with E-state index in [2.05, 4.69) is 0 Å². The summed E-state index contributed by atoms with van der Waals surface area (Å²) >= 11 is 5.87. The first-order chi connectivity index (χ1) is 14.1. The molecule has 3 rings (SSSR count). The summed E-state index contributed by atoms with van der Waals surface area (Å²) < 4.78 is 10.8. The van der Waals surface area contributed by atoms with Gasteiger partial charge in [0, 0.05) is 23.7 Å². The molecule has 0 bridgehead atoms. The fourth-order valence-electron chi connectivity index (χ4n) is 3.17. The van der Waals surface area contributed by atoms with Crippen molar-refractivity contribution in [2.24, 2.45) is 5.92 Å². The number of esters is 1. The molecular weight excluding hydrogens is 392 g/mol. The van der Waals surface area contributed by atoms with Crippen LogP contribution in [0.4, 0.5) is 0 Å². The molecule has 6 nitrogen and oxygen atoms in total. The van der Waals surface area contributed by atoms with Crippen LogP contribution < -0.4 is 4.74 Å². The Balaban J connectivity index is 1.44. The number of benzene rings is 2. The number of likely N-dealkylation sites (tertiary alicyclic amines) is 1. The van der Waals surface area contributed by atoms with E-state index in [0.717, 1.165) is 6.42 Å². The van der Waals surface area contributed by atoms with E-state index in [9.17, 15) is 9.59 Å². The molecule has 1 aliphatic rings. The second-order valence-corrected chi connectivity index (χ2v) is 7.19. The number of halogens is 1. The molecule has 1 fully saturated rings. The summed E-state index contributed by atoms with van der Waals surface area (Å²) in [6.45, 7) is 1.31. The predicted octanol–water partition coefficient (Wildman–Crippen LogP) is 3.69. The number of hydrogen-bond acceptors (Lipinski definition) is 5. The maximum absolute atomic E-state index is 12.6. The van der Waals surface area contributed by atoms with Crippen LogP contribution >= 0.6 is 11.6 Å². The highest BCUT2D eigenvalue weighted by atomic mass is 35.5. The Morgan fingerprint density at radius 2 is 1.83 bits per heavy atom. The number of amides is 1. The molecule has 0 aliphatic carbocycles. The maximum Gasteiger partial charge on any atom is 0.310 e. The van der Waals surface area contributed by atoms with Gasteiger partial charge in [0.25, 0.3) is 5.91 Å². The van der Waals surface area contributed by atoms with Crippen molar-refractivity contribution in [1.82, 2.24) is 4.90 Å². The first-order valence-electron chi connectivity index (χ1n) is 9.41. The standard InChI is InChI=1S/C22H21ClN2O4/c23-19-7-5-17(6-8-19)21(26)25-11-1-2-18(15-25)22(27)29-13-12-28-20-9-3-16(14-24)4-10-20/h3-10,18H,1-2,11-13,15H2/t18-/m0/s1. The lowest BCUT2D eigenvalue weighted by molar-refractivity contribution is -0.150. The van der Waals surface area contributed by atoms with E-state index >= 15 is 0 Å². The molecule has 1 aliphatic heterocycles. The zero-order chi connectivity index (χ0) is 20.6. The largest absolute Gasteiger partial charge is 0.490 e. The SMILES string of the molecule is N#Cc1ccc(OCCOC(=O)[C@H]2CCCN(C(=O)c3ccc(Cl)cc3)C2)cc1. The van der Waals surface area contributed by atoms with Gasteiger partial charge in [-0.05, 0) is 61.4 Å². The third-order valence-electron chi connectivity index (χ3n) is 4.71. The average Bonchev–Trinajstić information content (AvgIpc) is 2.77. The molecule has 1 heterocycles. The van der Waals surface area contributed by atoms with Gasteiger partial charge in [0.05, 0.1) is 17.6 Å². The smallest absolute Gasteiger partial charge is 0.310 e. The van der Waals surface area contributed by atoms with Gasteiger partial charge < -0.3 is 14.4 Å². The van der Waals surface area contributed by atoms with Gasteiger partial charge in [-0.2, -0.15) is 5.26 Å². The molecule has 0 N–H and O–H groups in total. The molecule has 29 heavy (non-hydrogen) atoms. The predicted molar refractivity (Wildman–Crippen MR) is 108 cm³/mol. The van der Waals surface area contributed by atoms with Crippen molar-refractivity contribution in [2.75, 3.05) is 26.3 Å². The first-order valence-corrected chi connectivity index (χ1v) is 9.79. The number of ether oxygens (including phenoxy) is 2. The Hall–Kier alpha value is -3.04. The minimum atomic E-state index is -0.338. The molecule has 0 saturated carbocycles. The Morgan fingerprint density at radius 1 is 1.10 bits per heavy atom. The van der Waals surface area contributed by atoms with Gasteiger partial charge in [-0.25, -0.2) is 0 Å². The minimum absolute atomic E-state index is 0.108. The van der Waals surface area contributed by atoms with Crippen LogP contribution in [-0.4, -0.2) is 43.1 Å². The molecule has 1 saturated heterocycles. The van der Waals surface area contributed by atoms with E-state index in [1.807, 2.05) is 6.07 Å². The Labute approximate surface area is 174 Å². The normalized spacial score (nSPS) is 16.0. The third-order valence-corrected chi connectivity index (χ3v) is 4.96. The van der Waals surface area contributed by atoms with Crippen LogP contribution in [0.3, 0.4) is 0 Å². The lowest BCUT2D eigenvalue weighted by Crippen LogP contribution is -2.43. The van der Waals surface area contributed by atoms with E-state index in [1.165, 1.54) is 0 Å². The first kappa shape index (κ1) is 20.7. The zero-order valence-electron chi connectivity index (χ0n) is 15.8. The molecular formula is C22H21ClN2O4. The maximum atomic E-state index is 12.6. The summed E-state index contributed by atoms with van der Waals surface area (Å²) in [6, 6.07) is 15.5. The highest BCUT2D eigenvalue weighted by Crippen LogP contribution is 2.21. The summed E-state index contributed by atoms with van der Waals surface area (Å²) in [7, 11) is 0. The van der Waals surface area contributed by atoms with Crippen molar-refractivity contribution in [3.8, 4) is 11.8 Å². The van der Waals surface area contributed by atoms with Gasteiger partial charge in [0.1, 0.15) is 19.0 Å². The third kappa shape index (κ3) is 5.72. The highest BCUT2D eigenvalue weighted by molar-refractivity contribution is 6.30. The van der Waals surface area contributed by atoms with Gasteiger partial charge in [0.15, 0.2) is 0 Å². The molecule has 7 heteroatoms. The van der Waals surface area contributed by atoms with Crippen molar-refractivity contribution in [3.05, 3.63) is 64.7 Å². The fourth-order valence-corrected chi connectivity index (χ4v) is 3.30. The number of rotatable bonds is 6. The average molecular weight is 413 g/mol. The van der Waals surface area contributed by atoms with Crippen LogP contribution in [0, 0.1) is 17.2 Å². The van der Waals surface area contributed by atoms with Crippen LogP contribution in [0.25, 0.3) is 0 Å². The topological polar surface area (TPSA) is 79.6 Å². The van der Waals surface area contributed by atoms with E-state index in [0.29, 0.717) is 41.4 Å². The van der Waals surface area contributed by atoms with E-state index in [-0.39, 0.29) is 31.0 Å². The van der Waals surface area contributed by atoms with E-state index in [1.54, 1.807) is 53.4 Å². The monoisotopic (exact) mass is 412 g/mol. The fraction of sp³-hybridized carbons (Fsp3) is 0.318. The molecule has 1 amide bonds. The van der Waals surface area contributed by atoms with Crippen molar-refractivity contribution < 1.29 is 19.1 Å². The van der Waals surface area contributed by atoms with Crippen LogP contribution in [0.15, 0.2) is 48.5 Å². The number of nitriles is 1. The zero-order valence-corrected chi connectivity index (χ0v) is 16.6. The summed E-state index contributed by atoms with van der Waals surface area (Å²) in [4.78, 5) is 26.7. The van der Waals surface area contributed by atoms with Crippen LogP contribution in [0.2, 0.25) is 5.02 Å². The lowest BCUT2D eigenvalue weighted by atomic mass is 9.97. The second-order valence-electron chi connectivity index (χ2n) is 6.75. The molecule has 2 aromatic carbocycles. The molecule has 2 aromatic rings.